The van der Waals surface area contributed by atoms with E-state index in [0.29, 0.717) is 37.1 Å². The monoisotopic (exact) mass is 409 g/mol. The quantitative estimate of drug-likeness (QED) is 0.580. The van der Waals surface area contributed by atoms with Crippen LogP contribution in [-0.4, -0.2) is 40.8 Å². The van der Waals surface area contributed by atoms with Gasteiger partial charge in [0.1, 0.15) is 0 Å². The molecule has 3 rings (SSSR count). The highest BCUT2D eigenvalue weighted by molar-refractivity contribution is 5.96. The molecule has 7 nitrogen and oxygen atoms in total. The lowest BCUT2D eigenvalue weighted by Gasteiger charge is -2.34. The lowest BCUT2D eigenvalue weighted by Crippen LogP contribution is -2.47. The van der Waals surface area contributed by atoms with Crippen molar-refractivity contribution in [3.8, 4) is 0 Å². The van der Waals surface area contributed by atoms with Crippen LogP contribution in [0.3, 0.4) is 0 Å². The Hall–Kier alpha value is -3.22. The highest BCUT2D eigenvalue weighted by Gasteiger charge is 2.29. The largest absolute Gasteiger partial charge is 0.349 e. The summed E-state index contributed by atoms with van der Waals surface area (Å²) in [5.74, 6) is -0.329. The van der Waals surface area contributed by atoms with E-state index in [2.05, 4.69) is 5.32 Å². The summed E-state index contributed by atoms with van der Waals surface area (Å²) in [7, 11) is 0. The molecule has 1 aliphatic rings. The fourth-order valence-electron chi connectivity index (χ4n) is 4.03. The van der Waals surface area contributed by atoms with Crippen molar-refractivity contribution in [2.24, 2.45) is 0 Å². The molecular weight excluding hydrogens is 382 g/mol. The van der Waals surface area contributed by atoms with Crippen molar-refractivity contribution < 1.29 is 14.5 Å². The topological polar surface area (TPSA) is 92.6 Å². The van der Waals surface area contributed by atoms with E-state index in [9.17, 15) is 19.7 Å². The van der Waals surface area contributed by atoms with Gasteiger partial charge in [0.15, 0.2) is 0 Å². The lowest BCUT2D eigenvalue weighted by atomic mass is 9.93. The van der Waals surface area contributed by atoms with Gasteiger partial charge in [0.05, 0.1) is 10.8 Å². The van der Waals surface area contributed by atoms with Crippen molar-refractivity contribution in [2.75, 3.05) is 13.1 Å². The second kappa shape index (κ2) is 9.52. The molecule has 1 atom stereocenters. The van der Waals surface area contributed by atoms with Crippen molar-refractivity contribution in [2.45, 2.75) is 45.1 Å². The molecule has 2 amide bonds. The van der Waals surface area contributed by atoms with Crippen LogP contribution >= 0.6 is 0 Å². The normalized spacial score (nSPS) is 15.5. The first-order valence-electron chi connectivity index (χ1n) is 10.3. The summed E-state index contributed by atoms with van der Waals surface area (Å²) in [6, 6.07) is 14.3. The number of hydrogen-bond acceptors (Lipinski definition) is 4. The Labute approximate surface area is 176 Å². The molecule has 2 aromatic rings. The first-order valence-corrected chi connectivity index (χ1v) is 10.3. The lowest BCUT2D eigenvalue weighted by molar-refractivity contribution is -0.385. The molecule has 30 heavy (non-hydrogen) atoms. The number of carbonyl (C=O) groups is 2. The van der Waals surface area contributed by atoms with Gasteiger partial charge in [-0.25, -0.2) is 0 Å². The van der Waals surface area contributed by atoms with Crippen LogP contribution in [0, 0.1) is 17.0 Å². The Morgan fingerprint density at radius 2 is 1.80 bits per heavy atom. The second-order valence-corrected chi connectivity index (χ2v) is 7.65. The molecule has 1 N–H and O–H groups in total. The van der Waals surface area contributed by atoms with Gasteiger partial charge in [-0.1, -0.05) is 43.3 Å². The molecule has 7 heteroatoms. The summed E-state index contributed by atoms with van der Waals surface area (Å²) < 4.78 is 0. The average molecular weight is 409 g/mol. The van der Waals surface area contributed by atoms with Crippen molar-refractivity contribution in [3.63, 3.8) is 0 Å². The van der Waals surface area contributed by atoms with Gasteiger partial charge in [-0.05, 0) is 37.8 Å². The van der Waals surface area contributed by atoms with Gasteiger partial charge in [-0.15, -0.1) is 0 Å². The maximum atomic E-state index is 13.0. The van der Waals surface area contributed by atoms with E-state index in [1.807, 2.05) is 42.2 Å². The number of rotatable bonds is 6. The molecule has 158 valence electrons. The van der Waals surface area contributed by atoms with Crippen molar-refractivity contribution in [3.05, 3.63) is 75.3 Å². The Bertz CT molecular complexity index is 921. The fourth-order valence-corrected chi connectivity index (χ4v) is 4.03. The Morgan fingerprint density at radius 1 is 1.13 bits per heavy atom. The minimum atomic E-state index is -0.479. The van der Waals surface area contributed by atoms with Crippen LogP contribution in [0.15, 0.2) is 48.5 Å². The van der Waals surface area contributed by atoms with E-state index in [4.69, 9.17) is 0 Å². The number of nitro groups is 1. The first-order chi connectivity index (χ1) is 14.4. The van der Waals surface area contributed by atoms with Crippen LogP contribution < -0.4 is 5.32 Å². The Morgan fingerprint density at radius 3 is 2.40 bits per heavy atom. The van der Waals surface area contributed by atoms with E-state index < -0.39 is 4.92 Å². The van der Waals surface area contributed by atoms with Gasteiger partial charge in [-0.3, -0.25) is 19.7 Å². The van der Waals surface area contributed by atoms with Crippen molar-refractivity contribution in [1.29, 1.82) is 0 Å². The van der Waals surface area contributed by atoms with Crippen LogP contribution in [0.5, 0.6) is 0 Å². The minimum absolute atomic E-state index is 0.0583. The Balaban J connectivity index is 1.59. The zero-order valence-corrected chi connectivity index (χ0v) is 17.3. The summed E-state index contributed by atoms with van der Waals surface area (Å²) in [5.41, 5.74) is 1.65. The van der Waals surface area contributed by atoms with E-state index in [1.165, 1.54) is 12.1 Å². The standard InChI is InChI=1S/C23H27N3O4/c1-3-19(17-8-5-4-6-9-17)23(28)25-14-12-18(13-15-25)24-22(27)20-10-7-11-21(16(20)2)26(29)30/h4-11,18-19H,3,12-15H2,1-2H3,(H,24,27). The molecule has 0 bridgehead atoms. The molecule has 0 aromatic heterocycles. The van der Waals surface area contributed by atoms with Crippen molar-refractivity contribution in [1.82, 2.24) is 10.2 Å². The highest BCUT2D eigenvalue weighted by Crippen LogP contribution is 2.25. The fraction of sp³-hybridized carbons (Fsp3) is 0.391. The number of benzene rings is 2. The van der Waals surface area contributed by atoms with Gasteiger partial charge in [0.2, 0.25) is 5.91 Å². The molecular formula is C23H27N3O4. The van der Waals surface area contributed by atoms with Crippen molar-refractivity contribution >= 4 is 17.5 Å². The summed E-state index contributed by atoms with van der Waals surface area (Å²) in [4.78, 5) is 38.2. The van der Waals surface area contributed by atoms with Crippen LogP contribution in [0.4, 0.5) is 5.69 Å². The number of hydrogen-bond donors (Lipinski definition) is 1. The SMILES string of the molecule is CCC(C(=O)N1CCC(NC(=O)c2cccc([N+](=O)[O-])c2C)CC1)c1ccccc1. The number of nitrogens with one attached hydrogen (secondary N) is 1. The summed E-state index contributed by atoms with van der Waals surface area (Å²) in [6.07, 6.45) is 2.07. The number of likely N-dealkylation sites (tertiary alicyclic amines) is 1. The number of amides is 2. The molecule has 0 radical (unpaired) electrons. The van der Waals surface area contributed by atoms with Gasteiger partial charge >= 0.3 is 0 Å². The maximum absolute atomic E-state index is 13.0. The zero-order valence-electron chi connectivity index (χ0n) is 17.3. The Kier molecular flexibility index (Phi) is 6.82. The molecule has 1 fully saturated rings. The summed E-state index contributed by atoms with van der Waals surface area (Å²) in [5, 5.41) is 14.1. The van der Waals surface area contributed by atoms with E-state index in [0.717, 1.165) is 12.0 Å². The third-order valence-electron chi connectivity index (χ3n) is 5.80. The molecule has 0 aliphatic carbocycles. The molecule has 1 heterocycles. The maximum Gasteiger partial charge on any atom is 0.273 e. The van der Waals surface area contributed by atoms with Crippen LogP contribution in [0.2, 0.25) is 0 Å². The number of nitro benzene ring substituents is 1. The predicted octanol–water partition coefficient (Wildman–Crippen LogP) is 3.82. The first kappa shape index (κ1) is 21.5. The molecule has 0 spiro atoms. The van der Waals surface area contributed by atoms with E-state index >= 15 is 0 Å². The number of nitrogens with zero attached hydrogens (tertiary/aromatic N) is 2. The highest BCUT2D eigenvalue weighted by atomic mass is 16.6. The summed E-state index contributed by atoms with van der Waals surface area (Å²) >= 11 is 0. The molecule has 1 saturated heterocycles. The van der Waals surface area contributed by atoms with Gasteiger partial charge in [-0.2, -0.15) is 0 Å². The predicted molar refractivity (Wildman–Crippen MR) is 114 cm³/mol. The zero-order chi connectivity index (χ0) is 21.7. The smallest absolute Gasteiger partial charge is 0.273 e. The number of piperidine rings is 1. The molecule has 2 aromatic carbocycles. The van der Waals surface area contributed by atoms with E-state index in [-0.39, 0.29) is 29.5 Å². The second-order valence-electron chi connectivity index (χ2n) is 7.65. The van der Waals surface area contributed by atoms with Crippen LogP contribution in [0.25, 0.3) is 0 Å². The van der Waals surface area contributed by atoms with E-state index in [1.54, 1.807) is 13.0 Å². The van der Waals surface area contributed by atoms with Gasteiger partial charge in [0.25, 0.3) is 11.6 Å². The minimum Gasteiger partial charge on any atom is -0.349 e. The molecule has 0 saturated carbocycles. The third-order valence-corrected chi connectivity index (χ3v) is 5.80. The molecule has 1 aliphatic heterocycles. The van der Waals surface area contributed by atoms with Crippen LogP contribution in [-0.2, 0) is 4.79 Å². The van der Waals surface area contributed by atoms with Gasteiger partial charge in [0, 0.05) is 36.3 Å². The number of carbonyl (C=O) groups excluding carboxylic acids is 2. The molecule has 1 unspecified atom stereocenters. The summed E-state index contributed by atoms with van der Waals surface area (Å²) in [6.45, 7) is 4.77. The average Bonchev–Trinajstić information content (AvgIpc) is 2.75. The van der Waals surface area contributed by atoms with Crippen LogP contribution in [0.1, 0.15) is 53.6 Å². The van der Waals surface area contributed by atoms with Gasteiger partial charge < -0.3 is 10.2 Å². The third kappa shape index (κ3) is 4.67.